The van der Waals surface area contributed by atoms with Crippen LogP contribution in [0.1, 0.15) is 25.0 Å². The zero-order chi connectivity index (χ0) is 12.3. The Bertz CT molecular complexity index is 492. The van der Waals surface area contributed by atoms with Crippen molar-refractivity contribution in [3.8, 4) is 0 Å². The van der Waals surface area contributed by atoms with Gasteiger partial charge in [-0.25, -0.2) is 4.99 Å². The van der Waals surface area contributed by atoms with Gasteiger partial charge in [0.1, 0.15) is 0 Å². The summed E-state index contributed by atoms with van der Waals surface area (Å²) in [5, 5.41) is 0. The smallest absolute Gasteiger partial charge is 0.216 e. The first-order chi connectivity index (χ1) is 8.19. The molecular formula is C15H17NO. The second-order valence-corrected chi connectivity index (χ2v) is 4.16. The van der Waals surface area contributed by atoms with E-state index >= 15 is 0 Å². The first kappa shape index (κ1) is 11.6. The summed E-state index contributed by atoms with van der Waals surface area (Å²) in [4.78, 5) is 4.44. The minimum atomic E-state index is 0.655. The first-order valence-corrected chi connectivity index (χ1v) is 5.87. The summed E-state index contributed by atoms with van der Waals surface area (Å²) in [7, 11) is 0. The average Bonchev–Trinajstić information content (AvgIpc) is 2.63. The summed E-state index contributed by atoms with van der Waals surface area (Å²) >= 11 is 0. The van der Waals surface area contributed by atoms with Crippen LogP contribution >= 0.6 is 0 Å². The largest absolute Gasteiger partial charge is 0.478 e. The van der Waals surface area contributed by atoms with E-state index in [0.29, 0.717) is 6.61 Å². The average molecular weight is 227 g/mol. The summed E-state index contributed by atoms with van der Waals surface area (Å²) in [6, 6.07) is 8.40. The van der Waals surface area contributed by atoms with Crippen molar-refractivity contribution >= 4 is 12.0 Å². The van der Waals surface area contributed by atoms with Gasteiger partial charge in [0.15, 0.2) is 0 Å². The SMILES string of the molecule is CCOC1=NC(=Cc2ccc(C)cc2)C=C1C. The van der Waals surface area contributed by atoms with Crippen LogP contribution in [0.4, 0.5) is 0 Å². The van der Waals surface area contributed by atoms with Crippen molar-refractivity contribution in [2.75, 3.05) is 6.61 Å². The molecule has 0 spiro atoms. The van der Waals surface area contributed by atoms with Gasteiger partial charge in [-0.2, -0.15) is 0 Å². The number of nitrogens with zero attached hydrogens (tertiary/aromatic N) is 1. The van der Waals surface area contributed by atoms with Crippen LogP contribution < -0.4 is 0 Å². The number of hydrogen-bond acceptors (Lipinski definition) is 2. The molecule has 1 aliphatic rings. The van der Waals surface area contributed by atoms with Crippen LogP contribution in [0.3, 0.4) is 0 Å². The van der Waals surface area contributed by atoms with E-state index in [1.165, 1.54) is 5.56 Å². The van der Waals surface area contributed by atoms with Gasteiger partial charge in [-0.3, -0.25) is 0 Å². The molecule has 0 aliphatic carbocycles. The van der Waals surface area contributed by atoms with Gasteiger partial charge in [0.05, 0.1) is 12.3 Å². The van der Waals surface area contributed by atoms with Crippen molar-refractivity contribution in [3.05, 3.63) is 52.7 Å². The molecule has 17 heavy (non-hydrogen) atoms. The van der Waals surface area contributed by atoms with Gasteiger partial charge in [0.25, 0.3) is 0 Å². The monoisotopic (exact) mass is 227 g/mol. The molecule has 1 heterocycles. The van der Waals surface area contributed by atoms with Crippen LogP contribution in [0.5, 0.6) is 0 Å². The summed E-state index contributed by atoms with van der Waals surface area (Å²) in [6.45, 7) is 6.73. The number of allylic oxidation sites excluding steroid dienone is 1. The molecule has 0 fully saturated rings. The van der Waals surface area contributed by atoms with Gasteiger partial charge in [0.2, 0.25) is 5.90 Å². The van der Waals surface area contributed by atoms with Crippen molar-refractivity contribution in [3.63, 3.8) is 0 Å². The minimum Gasteiger partial charge on any atom is -0.478 e. The molecule has 1 aliphatic heterocycles. The van der Waals surface area contributed by atoms with Gasteiger partial charge < -0.3 is 4.74 Å². The molecule has 0 bridgehead atoms. The van der Waals surface area contributed by atoms with E-state index in [1.807, 2.05) is 19.9 Å². The highest BCUT2D eigenvalue weighted by atomic mass is 16.5. The first-order valence-electron chi connectivity index (χ1n) is 5.87. The van der Waals surface area contributed by atoms with Gasteiger partial charge in [-0.05, 0) is 38.5 Å². The molecule has 0 atom stereocenters. The molecular weight excluding hydrogens is 210 g/mol. The molecule has 88 valence electrons. The van der Waals surface area contributed by atoms with Crippen molar-refractivity contribution in [1.82, 2.24) is 0 Å². The molecule has 1 aromatic carbocycles. The number of aryl methyl sites for hydroxylation is 1. The third kappa shape index (κ3) is 2.84. The van der Waals surface area contributed by atoms with Crippen LogP contribution in [-0.4, -0.2) is 12.5 Å². The Morgan fingerprint density at radius 1 is 1.18 bits per heavy atom. The fraction of sp³-hybridized carbons (Fsp3) is 0.267. The maximum absolute atomic E-state index is 5.44. The fourth-order valence-corrected chi connectivity index (χ4v) is 1.71. The molecule has 1 aromatic rings. The number of rotatable bonds is 2. The molecule has 0 N–H and O–H groups in total. The van der Waals surface area contributed by atoms with Crippen molar-refractivity contribution in [2.45, 2.75) is 20.8 Å². The Hall–Kier alpha value is -1.83. The number of aliphatic imine (C=N–C) groups is 1. The summed E-state index contributed by atoms with van der Waals surface area (Å²) in [5.74, 6) is 0.742. The van der Waals surface area contributed by atoms with Crippen molar-refractivity contribution < 1.29 is 4.74 Å². The molecule has 0 amide bonds. The number of benzene rings is 1. The second kappa shape index (κ2) is 5.00. The van der Waals surface area contributed by atoms with Gasteiger partial charge in [0, 0.05) is 5.57 Å². The lowest BCUT2D eigenvalue weighted by atomic mass is 10.1. The lowest BCUT2D eigenvalue weighted by Crippen LogP contribution is -2.02. The third-order valence-corrected chi connectivity index (χ3v) is 2.61. The van der Waals surface area contributed by atoms with Crippen molar-refractivity contribution in [2.24, 2.45) is 4.99 Å². The quantitative estimate of drug-likeness (QED) is 0.754. The zero-order valence-corrected chi connectivity index (χ0v) is 10.5. The molecule has 0 unspecified atom stereocenters. The molecule has 0 saturated carbocycles. The lowest BCUT2D eigenvalue weighted by Gasteiger charge is -2.00. The molecule has 0 aromatic heterocycles. The Morgan fingerprint density at radius 2 is 1.88 bits per heavy atom. The van der Waals surface area contributed by atoms with Gasteiger partial charge in [-0.1, -0.05) is 29.8 Å². The third-order valence-electron chi connectivity index (χ3n) is 2.61. The van der Waals surface area contributed by atoms with Gasteiger partial charge in [-0.15, -0.1) is 0 Å². The highest BCUT2D eigenvalue weighted by molar-refractivity contribution is 5.97. The lowest BCUT2D eigenvalue weighted by molar-refractivity contribution is 0.328. The molecule has 2 nitrogen and oxygen atoms in total. The van der Waals surface area contributed by atoms with Crippen LogP contribution in [0.25, 0.3) is 6.08 Å². The molecule has 2 heteroatoms. The van der Waals surface area contributed by atoms with Crippen LogP contribution in [0.2, 0.25) is 0 Å². The van der Waals surface area contributed by atoms with E-state index in [9.17, 15) is 0 Å². The van der Waals surface area contributed by atoms with E-state index in [1.54, 1.807) is 0 Å². The Labute approximate surface area is 102 Å². The Balaban J connectivity index is 2.22. The normalized spacial score (nSPS) is 17.0. The van der Waals surface area contributed by atoms with E-state index in [4.69, 9.17) is 4.74 Å². The number of hydrogen-bond donors (Lipinski definition) is 0. The predicted molar refractivity (Wildman–Crippen MR) is 72.0 cm³/mol. The molecule has 2 rings (SSSR count). The van der Waals surface area contributed by atoms with Crippen molar-refractivity contribution in [1.29, 1.82) is 0 Å². The van der Waals surface area contributed by atoms with E-state index in [-0.39, 0.29) is 0 Å². The standard InChI is InChI=1S/C15H17NO/c1-4-17-15-12(3)9-14(16-15)10-13-7-5-11(2)6-8-13/h5-10H,4H2,1-3H3. The van der Waals surface area contributed by atoms with Gasteiger partial charge >= 0.3 is 0 Å². The molecule has 0 radical (unpaired) electrons. The fourth-order valence-electron chi connectivity index (χ4n) is 1.71. The molecule has 0 saturated heterocycles. The zero-order valence-electron chi connectivity index (χ0n) is 10.5. The topological polar surface area (TPSA) is 21.6 Å². The Kier molecular flexibility index (Phi) is 3.43. The van der Waals surface area contributed by atoms with E-state index < -0.39 is 0 Å². The summed E-state index contributed by atoms with van der Waals surface area (Å²) < 4.78 is 5.44. The number of ether oxygens (including phenoxy) is 1. The minimum absolute atomic E-state index is 0.655. The maximum Gasteiger partial charge on any atom is 0.216 e. The van der Waals surface area contributed by atoms with Crippen LogP contribution in [0, 0.1) is 6.92 Å². The predicted octanol–water partition coefficient (Wildman–Crippen LogP) is 3.73. The summed E-state index contributed by atoms with van der Waals surface area (Å²) in [5.41, 5.74) is 4.47. The highest BCUT2D eigenvalue weighted by Gasteiger charge is 2.11. The summed E-state index contributed by atoms with van der Waals surface area (Å²) in [6.07, 6.45) is 4.11. The van der Waals surface area contributed by atoms with E-state index in [2.05, 4.69) is 42.3 Å². The second-order valence-electron chi connectivity index (χ2n) is 4.16. The van der Waals surface area contributed by atoms with Crippen LogP contribution in [-0.2, 0) is 4.74 Å². The van der Waals surface area contributed by atoms with Crippen LogP contribution in [0.15, 0.2) is 46.6 Å². The maximum atomic E-state index is 5.44. The Morgan fingerprint density at radius 3 is 2.53 bits per heavy atom. The van der Waals surface area contributed by atoms with E-state index in [0.717, 1.165) is 22.7 Å². The highest BCUT2D eigenvalue weighted by Crippen LogP contribution is 2.19.